The fraction of sp³-hybridized carbons (Fsp3) is 0.273. The van der Waals surface area contributed by atoms with E-state index in [1.807, 2.05) is 0 Å². The van der Waals surface area contributed by atoms with Gasteiger partial charge in [0.05, 0.1) is 23.2 Å². The first kappa shape index (κ1) is 13.5. The number of esters is 1. The smallest absolute Gasteiger partial charge is 0.337 e. The summed E-state index contributed by atoms with van der Waals surface area (Å²) in [5, 5.41) is 12.1. The molecule has 0 aliphatic rings. The summed E-state index contributed by atoms with van der Waals surface area (Å²) >= 11 is 3.10. The van der Waals surface area contributed by atoms with Crippen LogP contribution < -0.4 is 5.32 Å². The molecule has 92 valence electrons. The molecule has 0 saturated heterocycles. The molecule has 1 aromatic carbocycles. The van der Waals surface area contributed by atoms with E-state index in [-0.39, 0.29) is 27.7 Å². The number of ether oxygens (including phenoxy) is 1. The molecule has 2 N–H and O–H groups in total. The van der Waals surface area contributed by atoms with Crippen molar-refractivity contribution >= 4 is 33.5 Å². The second-order valence-corrected chi connectivity index (χ2v) is 4.70. The lowest BCUT2D eigenvalue weighted by Crippen LogP contribution is -2.20. The summed E-state index contributed by atoms with van der Waals surface area (Å²) < 4.78 is 4.51. The summed E-state index contributed by atoms with van der Waals surface area (Å²) in [4.78, 5) is 22.2. The Morgan fingerprint density at radius 1 is 1.47 bits per heavy atom. The molecule has 0 heterocycles. The summed E-state index contributed by atoms with van der Waals surface area (Å²) in [6.45, 7) is 1.66. The highest BCUT2D eigenvalue weighted by atomic mass is 79.9. The van der Waals surface area contributed by atoms with E-state index in [4.69, 9.17) is 0 Å². The Morgan fingerprint density at radius 2 is 2.12 bits per heavy atom. The van der Waals surface area contributed by atoms with Crippen LogP contribution in [0.15, 0.2) is 18.2 Å². The van der Waals surface area contributed by atoms with Gasteiger partial charge in [0.15, 0.2) is 0 Å². The number of anilines is 1. The average Bonchev–Trinajstić information content (AvgIpc) is 2.30. The van der Waals surface area contributed by atoms with Gasteiger partial charge in [-0.2, -0.15) is 0 Å². The maximum atomic E-state index is 11.4. The van der Waals surface area contributed by atoms with Gasteiger partial charge in [0.1, 0.15) is 5.75 Å². The van der Waals surface area contributed by atoms with E-state index in [2.05, 4.69) is 26.0 Å². The second kappa shape index (κ2) is 5.67. The molecule has 0 aliphatic carbocycles. The Labute approximate surface area is 107 Å². The molecule has 1 unspecified atom stereocenters. The summed E-state index contributed by atoms with van der Waals surface area (Å²) in [6, 6.07) is 4.13. The number of hydrogen-bond acceptors (Lipinski definition) is 4. The molecule has 1 atom stereocenters. The van der Waals surface area contributed by atoms with Gasteiger partial charge in [-0.15, -0.1) is 0 Å². The Kier molecular flexibility index (Phi) is 4.51. The number of phenolic OH excluding ortho intramolecular Hbond substituents is 1. The van der Waals surface area contributed by atoms with Gasteiger partial charge in [0.2, 0.25) is 5.91 Å². The predicted molar refractivity (Wildman–Crippen MR) is 66.5 cm³/mol. The molecule has 0 saturated carbocycles. The van der Waals surface area contributed by atoms with Gasteiger partial charge >= 0.3 is 5.97 Å². The van der Waals surface area contributed by atoms with Crippen LogP contribution >= 0.6 is 15.9 Å². The van der Waals surface area contributed by atoms with Crippen molar-refractivity contribution in [2.45, 2.75) is 11.8 Å². The number of rotatable bonds is 3. The van der Waals surface area contributed by atoms with E-state index in [1.165, 1.54) is 25.3 Å². The van der Waals surface area contributed by atoms with Crippen molar-refractivity contribution in [3.63, 3.8) is 0 Å². The number of benzene rings is 1. The normalized spacial score (nSPS) is 11.7. The quantitative estimate of drug-likeness (QED) is 0.508. The lowest BCUT2D eigenvalue weighted by atomic mass is 10.2. The third-order valence-electron chi connectivity index (χ3n) is 2.04. The standard InChI is InChI=1S/C11H12BrNO4/c1-6(12)10(15)13-8-4-3-7(5-9(8)14)11(16)17-2/h3-6,14H,1-2H3,(H,13,15). The molecule has 17 heavy (non-hydrogen) atoms. The molecule has 5 nitrogen and oxygen atoms in total. The number of halogens is 1. The lowest BCUT2D eigenvalue weighted by Gasteiger charge is -2.09. The Hall–Kier alpha value is -1.56. The summed E-state index contributed by atoms with van der Waals surface area (Å²) in [7, 11) is 1.25. The lowest BCUT2D eigenvalue weighted by molar-refractivity contribution is -0.115. The molecular weight excluding hydrogens is 290 g/mol. The fourth-order valence-electron chi connectivity index (χ4n) is 1.11. The summed E-state index contributed by atoms with van der Waals surface area (Å²) in [5.41, 5.74) is 0.462. The van der Waals surface area contributed by atoms with Crippen LogP contribution in [0, 0.1) is 0 Å². The van der Waals surface area contributed by atoms with Gasteiger partial charge in [-0.1, -0.05) is 15.9 Å². The van der Waals surface area contributed by atoms with Crippen LogP contribution in [0.2, 0.25) is 0 Å². The molecule has 1 rings (SSSR count). The van der Waals surface area contributed by atoms with E-state index in [0.29, 0.717) is 0 Å². The number of aromatic hydroxyl groups is 1. The van der Waals surface area contributed by atoms with Crippen LogP contribution in [0.5, 0.6) is 5.75 Å². The molecule has 0 aromatic heterocycles. The molecule has 0 bridgehead atoms. The first-order chi connectivity index (χ1) is 7.95. The van der Waals surface area contributed by atoms with Crippen molar-refractivity contribution in [3.8, 4) is 5.75 Å². The van der Waals surface area contributed by atoms with Gasteiger partial charge < -0.3 is 15.2 Å². The predicted octanol–water partition coefficient (Wildman–Crippen LogP) is 1.90. The van der Waals surface area contributed by atoms with Gasteiger partial charge in [-0.25, -0.2) is 4.79 Å². The van der Waals surface area contributed by atoms with Crippen LogP contribution in [0.3, 0.4) is 0 Å². The van der Waals surface area contributed by atoms with E-state index in [1.54, 1.807) is 6.92 Å². The number of carbonyl (C=O) groups excluding carboxylic acids is 2. The zero-order chi connectivity index (χ0) is 13.0. The maximum Gasteiger partial charge on any atom is 0.337 e. The van der Waals surface area contributed by atoms with Gasteiger partial charge in [0.25, 0.3) is 0 Å². The average molecular weight is 302 g/mol. The van der Waals surface area contributed by atoms with Gasteiger partial charge in [-0.3, -0.25) is 4.79 Å². The molecule has 6 heteroatoms. The number of amides is 1. The number of carbonyl (C=O) groups is 2. The number of hydrogen-bond donors (Lipinski definition) is 2. The van der Waals surface area contributed by atoms with E-state index >= 15 is 0 Å². The van der Waals surface area contributed by atoms with E-state index < -0.39 is 5.97 Å². The van der Waals surface area contributed by atoms with Crippen molar-refractivity contribution in [1.82, 2.24) is 0 Å². The zero-order valence-electron chi connectivity index (χ0n) is 9.36. The summed E-state index contributed by atoms with van der Waals surface area (Å²) in [5.74, 6) is -1.02. The minimum absolute atomic E-state index is 0.186. The van der Waals surface area contributed by atoms with Gasteiger partial charge in [-0.05, 0) is 25.1 Å². The first-order valence-corrected chi connectivity index (χ1v) is 5.73. The van der Waals surface area contributed by atoms with Crippen LogP contribution in [0.1, 0.15) is 17.3 Å². The van der Waals surface area contributed by atoms with Crippen molar-refractivity contribution in [1.29, 1.82) is 0 Å². The first-order valence-electron chi connectivity index (χ1n) is 4.82. The van der Waals surface area contributed by atoms with E-state index in [0.717, 1.165) is 0 Å². The largest absolute Gasteiger partial charge is 0.506 e. The molecule has 0 fully saturated rings. The third-order valence-corrected chi connectivity index (χ3v) is 2.45. The molecule has 0 radical (unpaired) electrons. The minimum Gasteiger partial charge on any atom is -0.506 e. The maximum absolute atomic E-state index is 11.4. The third kappa shape index (κ3) is 3.45. The Morgan fingerprint density at radius 3 is 2.59 bits per heavy atom. The monoisotopic (exact) mass is 301 g/mol. The number of alkyl halides is 1. The highest BCUT2D eigenvalue weighted by Crippen LogP contribution is 2.25. The molecule has 0 aliphatic heterocycles. The van der Waals surface area contributed by atoms with E-state index in [9.17, 15) is 14.7 Å². The number of nitrogens with one attached hydrogen (secondary N) is 1. The molecular formula is C11H12BrNO4. The van der Waals surface area contributed by atoms with Crippen molar-refractivity contribution < 1.29 is 19.4 Å². The molecule has 1 aromatic rings. The van der Waals surface area contributed by atoms with Crippen LogP contribution in [0.25, 0.3) is 0 Å². The van der Waals surface area contributed by atoms with Crippen molar-refractivity contribution in [3.05, 3.63) is 23.8 Å². The van der Waals surface area contributed by atoms with Crippen LogP contribution in [-0.2, 0) is 9.53 Å². The highest BCUT2D eigenvalue weighted by molar-refractivity contribution is 9.10. The van der Waals surface area contributed by atoms with Crippen LogP contribution in [0.4, 0.5) is 5.69 Å². The topological polar surface area (TPSA) is 75.6 Å². The van der Waals surface area contributed by atoms with Crippen LogP contribution in [-0.4, -0.2) is 28.9 Å². The highest BCUT2D eigenvalue weighted by Gasteiger charge is 2.13. The Bertz CT molecular complexity index is 445. The summed E-state index contributed by atoms with van der Waals surface area (Å²) in [6.07, 6.45) is 0. The van der Waals surface area contributed by atoms with Crippen molar-refractivity contribution in [2.75, 3.05) is 12.4 Å². The van der Waals surface area contributed by atoms with Gasteiger partial charge in [0, 0.05) is 0 Å². The SMILES string of the molecule is COC(=O)c1ccc(NC(=O)C(C)Br)c(O)c1. The van der Waals surface area contributed by atoms with Crippen molar-refractivity contribution in [2.24, 2.45) is 0 Å². The fourth-order valence-corrected chi connectivity index (χ4v) is 1.23. The number of phenols is 1. The Balaban J connectivity index is 2.90. The minimum atomic E-state index is -0.549. The molecule has 0 spiro atoms. The zero-order valence-corrected chi connectivity index (χ0v) is 10.9. The number of methoxy groups -OCH3 is 1. The molecule has 1 amide bonds. The second-order valence-electron chi connectivity index (χ2n) is 3.33.